The van der Waals surface area contributed by atoms with E-state index in [2.05, 4.69) is 21.3 Å². The maximum atomic E-state index is 13.4. The lowest BCUT2D eigenvalue weighted by molar-refractivity contribution is -0.156. The second-order valence-corrected chi connectivity index (χ2v) is 12.5. The first-order valence-corrected chi connectivity index (χ1v) is 15.8. The van der Waals surface area contributed by atoms with Gasteiger partial charge < -0.3 is 31.7 Å². The van der Waals surface area contributed by atoms with Gasteiger partial charge in [0, 0.05) is 18.7 Å². The van der Waals surface area contributed by atoms with Crippen LogP contribution in [0.3, 0.4) is 0 Å². The molecule has 11 nitrogen and oxygen atoms in total. The molecule has 0 saturated carbocycles. The number of hydrogen-bond donors (Lipinski definition) is 5. The molecule has 1 aromatic carbocycles. The monoisotopic (exact) mass is 617 g/mol. The fraction of sp³-hybridized carbons (Fsp3) is 0.667. The highest BCUT2D eigenvalue weighted by atomic mass is 16.5. The van der Waals surface area contributed by atoms with Crippen molar-refractivity contribution in [3.05, 3.63) is 29.8 Å². The van der Waals surface area contributed by atoms with E-state index in [0.29, 0.717) is 31.4 Å². The van der Waals surface area contributed by atoms with Crippen molar-refractivity contribution >= 4 is 35.4 Å². The molecule has 11 heteroatoms. The summed E-state index contributed by atoms with van der Waals surface area (Å²) in [5.41, 5.74) is 5.73. The lowest BCUT2D eigenvalue weighted by Crippen LogP contribution is -2.55. The number of hydrogen-bond acceptors (Lipinski definition) is 6. The number of esters is 1. The lowest BCUT2D eigenvalue weighted by Gasteiger charge is -2.29. The van der Waals surface area contributed by atoms with Gasteiger partial charge in [-0.15, -0.1) is 0 Å². The maximum Gasteiger partial charge on any atom is 0.312 e. The Morgan fingerprint density at radius 3 is 1.95 bits per heavy atom. The Hall–Kier alpha value is -3.63. The minimum Gasteiger partial charge on any atom is -0.460 e. The first-order chi connectivity index (χ1) is 20.6. The Labute approximate surface area is 263 Å². The summed E-state index contributed by atoms with van der Waals surface area (Å²) in [6, 6.07) is 4.47. The molecule has 2 atom stereocenters. The zero-order chi connectivity index (χ0) is 33.5. The van der Waals surface area contributed by atoms with E-state index in [4.69, 9.17) is 10.5 Å². The Balaban J connectivity index is 2.97. The number of benzene rings is 1. The number of anilines is 1. The number of nitrogens with one attached hydrogen (secondary N) is 4. The standard InChI is InChI=1S/C33H55N5O6/c1-9-32(7,10-2)20-26(39)38-27(22(5)6)29(41)37-25(14-13-19-35-31(34)43)28(40)36-24-17-15-23(16-18-24)21-44-30(42)33(8,11-3)12-4/h15-18,22,25,27H,9-14,19-21H2,1-8H3,(H,36,40)(H,37,41)(H,38,39)(H3,34,35,43)/t25-,27?/m0/s1. The molecule has 0 heterocycles. The number of urea groups is 1. The average molecular weight is 618 g/mol. The van der Waals surface area contributed by atoms with E-state index in [9.17, 15) is 24.0 Å². The van der Waals surface area contributed by atoms with Crippen molar-refractivity contribution in [3.63, 3.8) is 0 Å². The predicted octanol–water partition coefficient (Wildman–Crippen LogP) is 4.79. The van der Waals surface area contributed by atoms with E-state index in [1.54, 1.807) is 24.3 Å². The number of carbonyl (C=O) groups excluding carboxylic acids is 5. The van der Waals surface area contributed by atoms with Crippen LogP contribution < -0.4 is 27.0 Å². The molecular weight excluding hydrogens is 562 g/mol. The molecule has 0 radical (unpaired) electrons. The molecule has 0 aliphatic carbocycles. The van der Waals surface area contributed by atoms with Crippen molar-refractivity contribution in [2.75, 3.05) is 11.9 Å². The van der Waals surface area contributed by atoms with Gasteiger partial charge in [-0.2, -0.15) is 0 Å². The molecule has 1 aromatic rings. The van der Waals surface area contributed by atoms with Crippen LogP contribution in [0, 0.1) is 16.7 Å². The van der Waals surface area contributed by atoms with Gasteiger partial charge in [-0.3, -0.25) is 19.2 Å². The Kier molecular flexibility index (Phi) is 15.9. The minimum absolute atomic E-state index is 0.117. The van der Waals surface area contributed by atoms with Crippen LogP contribution in [-0.4, -0.2) is 48.4 Å². The second-order valence-electron chi connectivity index (χ2n) is 12.5. The summed E-state index contributed by atoms with van der Waals surface area (Å²) in [6.45, 7) is 15.9. The zero-order valence-electron chi connectivity index (χ0n) is 27.9. The van der Waals surface area contributed by atoms with Crippen LogP contribution in [0.1, 0.15) is 106 Å². The highest BCUT2D eigenvalue weighted by molar-refractivity contribution is 5.98. The van der Waals surface area contributed by atoms with Gasteiger partial charge in [0.2, 0.25) is 17.7 Å². The van der Waals surface area contributed by atoms with E-state index >= 15 is 0 Å². The number of ether oxygens (including phenoxy) is 1. The van der Waals surface area contributed by atoms with Crippen molar-refractivity contribution in [2.24, 2.45) is 22.5 Å². The van der Waals surface area contributed by atoms with Crippen LogP contribution in [-0.2, 0) is 30.5 Å². The van der Waals surface area contributed by atoms with Crippen LogP contribution in [0.4, 0.5) is 10.5 Å². The topological polar surface area (TPSA) is 169 Å². The highest BCUT2D eigenvalue weighted by Crippen LogP contribution is 2.30. The molecule has 0 aliphatic rings. The summed E-state index contributed by atoms with van der Waals surface area (Å²) < 4.78 is 5.52. The Bertz CT molecular complexity index is 1100. The van der Waals surface area contributed by atoms with Crippen LogP contribution in [0.15, 0.2) is 24.3 Å². The number of nitrogens with two attached hydrogens (primary N) is 1. The second kappa shape index (κ2) is 18.2. The molecule has 0 saturated heterocycles. The van der Waals surface area contributed by atoms with Crippen molar-refractivity contribution in [3.8, 4) is 0 Å². The number of amides is 5. The smallest absolute Gasteiger partial charge is 0.312 e. The quantitative estimate of drug-likeness (QED) is 0.110. The molecule has 1 rings (SSSR count). The molecule has 0 spiro atoms. The Morgan fingerprint density at radius 1 is 0.864 bits per heavy atom. The van der Waals surface area contributed by atoms with E-state index in [0.717, 1.165) is 18.4 Å². The molecule has 0 fully saturated rings. The highest BCUT2D eigenvalue weighted by Gasteiger charge is 2.32. The number of carbonyl (C=O) groups is 5. The SMILES string of the molecule is CCC(C)(CC)CC(=O)NC(C(=O)N[C@@H](CCCNC(N)=O)C(=O)Nc1ccc(COC(=O)C(C)(CC)CC)cc1)C(C)C. The van der Waals surface area contributed by atoms with Crippen molar-refractivity contribution in [2.45, 2.75) is 119 Å². The Morgan fingerprint density at radius 2 is 1.45 bits per heavy atom. The first-order valence-electron chi connectivity index (χ1n) is 15.8. The average Bonchev–Trinajstić information content (AvgIpc) is 2.99. The summed E-state index contributed by atoms with van der Waals surface area (Å²) >= 11 is 0. The van der Waals surface area contributed by atoms with E-state index in [1.807, 2.05) is 55.4 Å². The molecule has 0 bridgehead atoms. The molecular formula is C33H55N5O6. The van der Waals surface area contributed by atoms with Gasteiger partial charge >= 0.3 is 12.0 Å². The van der Waals surface area contributed by atoms with Crippen LogP contribution in [0.5, 0.6) is 0 Å². The lowest BCUT2D eigenvalue weighted by atomic mass is 9.81. The van der Waals surface area contributed by atoms with Gasteiger partial charge in [0.15, 0.2) is 0 Å². The molecule has 5 amide bonds. The largest absolute Gasteiger partial charge is 0.460 e. The summed E-state index contributed by atoms with van der Waals surface area (Å²) in [4.78, 5) is 63.2. The van der Waals surface area contributed by atoms with Gasteiger partial charge in [-0.25, -0.2) is 4.79 Å². The van der Waals surface area contributed by atoms with Crippen molar-refractivity contribution < 1.29 is 28.7 Å². The molecule has 6 N–H and O–H groups in total. The fourth-order valence-electron chi connectivity index (χ4n) is 4.47. The zero-order valence-corrected chi connectivity index (χ0v) is 27.9. The third-order valence-corrected chi connectivity index (χ3v) is 8.81. The molecule has 0 aliphatic heterocycles. The summed E-state index contributed by atoms with van der Waals surface area (Å²) in [7, 11) is 0. The summed E-state index contributed by atoms with van der Waals surface area (Å²) in [5, 5.41) is 11.0. The van der Waals surface area contributed by atoms with Gasteiger partial charge in [-0.1, -0.05) is 73.4 Å². The maximum absolute atomic E-state index is 13.4. The van der Waals surface area contributed by atoms with Crippen LogP contribution >= 0.6 is 0 Å². The van der Waals surface area contributed by atoms with Crippen molar-refractivity contribution in [1.82, 2.24) is 16.0 Å². The van der Waals surface area contributed by atoms with Crippen LogP contribution in [0.25, 0.3) is 0 Å². The molecule has 1 unspecified atom stereocenters. The molecule has 248 valence electrons. The van der Waals surface area contributed by atoms with Gasteiger partial charge in [0.1, 0.15) is 18.7 Å². The normalized spacial score (nSPS) is 13.0. The third-order valence-electron chi connectivity index (χ3n) is 8.81. The minimum atomic E-state index is -0.937. The predicted molar refractivity (Wildman–Crippen MR) is 172 cm³/mol. The summed E-state index contributed by atoms with van der Waals surface area (Å²) in [6.07, 6.45) is 3.94. The fourth-order valence-corrected chi connectivity index (χ4v) is 4.47. The summed E-state index contributed by atoms with van der Waals surface area (Å²) in [5.74, 6) is -1.59. The number of primary amides is 1. The van der Waals surface area contributed by atoms with Gasteiger partial charge in [0.05, 0.1) is 5.41 Å². The molecule has 0 aromatic heterocycles. The van der Waals surface area contributed by atoms with Crippen LogP contribution in [0.2, 0.25) is 0 Å². The molecule has 44 heavy (non-hydrogen) atoms. The van der Waals surface area contributed by atoms with Crippen molar-refractivity contribution in [1.29, 1.82) is 0 Å². The third kappa shape index (κ3) is 12.5. The van der Waals surface area contributed by atoms with E-state index in [-0.39, 0.29) is 42.8 Å². The first kappa shape index (κ1) is 38.4. The van der Waals surface area contributed by atoms with E-state index in [1.165, 1.54) is 0 Å². The van der Waals surface area contributed by atoms with Gasteiger partial charge in [-0.05, 0) is 61.6 Å². The van der Waals surface area contributed by atoms with Gasteiger partial charge in [0.25, 0.3) is 0 Å². The van der Waals surface area contributed by atoms with E-state index < -0.39 is 35.3 Å². The number of rotatable bonds is 19.